The molecule has 0 spiro atoms. The first-order valence-electron chi connectivity index (χ1n) is 6.48. The van der Waals surface area contributed by atoms with Crippen LogP contribution in [0.2, 0.25) is 0 Å². The van der Waals surface area contributed by atoms with Crippen LogP contribution in [0.25, 0.3) is 11.6 Å². The highest BCUT2D eigenvalue weighted by Crippen LogP contribution is 2.33. The SMILES string of the molecule is COc1cccc(/C=C(\C(=O)O)c2ccc(F)cc2)c1OC. The standard InChI is InChI=1S/C17H15FO4/c1-21-15-5-3-4-12(16(15)22-2)10-14(17(19)20)11-6-8-13(18)9-7-11/h3-10H,1-2H3,(H,19,20)/b14-10-. The number of aliphatic carboxylic acids is 1. The molecule has 0 aliphatic rings. The second kappa shape index (κ2) is 6.76. The minimum absolute atomic E-state index is 0.0338. The highest BCUT2D eigenvalue weighted by Gasteiger charge is 2.14. The maximum Gasteiger partial charge on any atom is 0.336 e. The number of carboxylic acids is 1. The van der Waals surface area contributed by atoms with E-state index in [1.54, 1.807) is 18.2 Å². The summed E-state index contributed by atoms with van der Waals surface area (Å²) >= 11 is 0. The van der Waals surface area contributed by atoms with E-state index in [0.717, 1.165) is 0 Å². The third-order valence-corrected chi connectivity index (χ3v) is 3.12. The molecular formula is C17H15FO4. The lowest BCUT2D eigenvalue weighted by molar-refractivity contribution is -0.130. The highest BCUT2D eigenvalue weighted by molar-refractivity contribution is 6.20. The zero-order valence-corrected chi connectivity index (χ0v) is 12.2. The molecule has 0 atom stereocenters. The van der Waals surface area contributed by atoms with Crippen LogP contribution >= 0.6 is 0 Å². The number of halogens is 1. The Morgan fingerprint density at radius 3 is 2.32 bits per heavy atom. The van der Waals surface area contributed by atoms with Crippen molar-refractivity contribution >= 4 is 17.6 Å². The summed E-state index contributed by atoms with van der Waals surface area (Å²) in [5, 5.41) is 9.41. The molecule has 0 fully saturated rings. The lowest BCUT2D eigenvalue weighted by atomic mass is 10.0. The molecule has 2 rings (SSSR count). The zero-order valence-electron chi connectivity index (χ0n) is 12.2. The van der Waals surface area contributed by atoms with Crippen LogP contribution in [0.4, 0.5) is 4.39 Å². The topological polar surface area (TPSA) is 55.8 Å². The number of para-hydroxylation sites is 1. The molecule has 114 valence electrons. The van der Waals surface area contributed by atoms with Crippen LogP contribution in [0.3, 0.4) is 0 Å². The Bertz CT molecular complexity index is 705. The van der Waals surface area contributed by atoms with E-state index in [2.05, 4.69) is 0 Å². The number of hydrogen-bond acceptors (Lipinski definition) is 3. The minimum Gasteiger partial charge on any atom is -0.493 e. The van der Waals surface area contributed by atoms with E-state index in [-0.39, 0.29) is 5.57 Å². The molecule has 0 aromatic heterocycles. The Kier molecular flexibility index (Phi) is 4.78. The number of methoxy groups -OCH3 is 2. The van der Waals surface area contributed by atoms with Gasteiger partial charge in [-0.15, -0.1) is 0 Å². The molecule has 0 amide bonds. The summed E-state index contributed by atoms with van der Waals surface area (Å²) < 4.78 is 23.5. The molecule has 0 aliphatic heterocycles. The average molecular weight is 302 g/mol. The van der Waals surface area contributed by atoms with Gasteiger partial charge in [0.1, 0.15) is 5.82 Å². The molecule has 5 heteroatoms. The Balaban J connectivity index is 2.56. The minimum atomic E-state index is -1.11. The summed E-state index contributed by atoms with van der Waals surface area (Å²) in [4.78, 5) is 11.5. The van der Waals surface area contributed by atoms with Gasteiger partial charge in [-0.1, -0.05) is 24.3 Å². The summed E-state index contributed by atoms with van der Waals surface area (Å²) in [6.45, 7) is 0. The summed E-state index contributed by atoms with van der Waals surface area (Å²) in [7, 11) is 2.98. The molecule has 22 heavy (non-hydrogen) atoms. The first kappa shape index (κ1) is 15.6. The number of hydrogen-bond donors (Lipinski definition) is 1. The van der Waals surface area contributed by atoms with E-state index in [9.17, 15) is 14.3 Å². The third kappa shape index (κ3) is 3.25. The summed E-state index contributed by atoms with van der Waals surface area (Å²) in [5.41, 5.74) is 0.994. The number of carboxylic acid groups (broad SMARTS) is 1. The van der Waals surface area contributed by atoms with Gasteiger partial charge in [-0.2, -0.15) is 0 Å². The lowest BCUT2D eigenvalue weighted by Crippen LogP contribution is -2.00. The van der Waals surface area contributed by atoms with Crippen molar-refractivity contribution < 1.29 is 23.8 Å². The fourth-order valence-electron chi connectivity index (χ4n) is 2.08. The largest absolute Gasteiger partial charge is 0.493 e. The van der Waals surface area contributed by atoms with Gasteiger partial charge in [0.2, 0.25) is 0 Å². The van der Waals surface area contributed by atoms with Crippen LogP contribution in [-0.4, -0.2) is 25.3 Å². The molecular weight excluding hydrogens is 287 g/mol. The lowest BCUT2D eigenvalue weighted by Gasteiger charge is -2.11. The molecule has 0 radical (unpaired) electrons. The summed E-state index contributed by atoms with van der Waals surface area (Å²) in [5.74, 6) is -0.602. The monoisotopic (exact) mass is 302 g/mol. The van der Waals surface area contributed by atoms with E-state index < -0.39 is 11.8 Å². The van der Waals surface area contributed by atoms with Crippen LogP contribution in [0.5, 0.6) is 11.5 Å². The van der Waals surface area contributed by atoms with Crippen molar-refractivity contribution in [2.45, 2.75) is 0 Å². The molecule has 0 aliphatic carbocycles. The fourth-order valence-corrected chi connectivity index (χ4v) is 2.08. The van der Waals surface area contributed by atoms with Crippen LogP contribution in [0.15, 0.2) is 42.5 Å². The van der Waals surface area contributed by atoms with Crippen molar-refractivity contribution in [3.8, 4) is 11.5 Å². The number of carbonyl (C=O) groups is 1. The van der Waals surface area contributed by atoms with Gasteiger partial charge in [-0.25, -0.2) is 9.18 Å². The van der Waals surface area contributed by atoms with Crippen molar-refractivity contribution in [1.82, 2.24) is 0 Å². The van der Waals surface area contributed by atoms with E-state index in [1.807, 2.05) is 0 Å². The predicted octanol–water partition coefficient (Wildman–Crippen LogP) is 3.47. The van der Waals surface area contributed by atoms with Crippen molar-refractivity contribution in [2.75, 3.05) is 14.2 Å². The van der Waals surface area contributed by atoms with Gasteiger partial charge in [-0.3, -0.25) is 0 Å². The highest BCUT2D eigenvalue weighted by atomic mass is 19.1. The van der Waals surface area contributed by atoms with Crippen molar-refractivity contribution in [3.05, 3.63) is 59.4 Å². The van der Waals surface area contributed by atoms with E-state index in [1.165, 1.54) is 44.6 Å². The van der Waals surface area contributed by atoms with E-state index in [4.69, 9.17) is 9.47 Å². The van der Waals surface area contributed by atoms with Crippen molar-refractivity contribution in [3.63, 3.8) is 0 Å². The van der Waals surface area contributed by atoms with Gasteiger partial charge in [0.15, 0.2) is 11.5 Å². The van der Waals surface area contributed by atoms with Gasteiger partial charge in [0.25, 0.3) is 0 Å². The number of benzene rings is 2. The van der Waals surface area contributed by atoms with Gasteiger partial charge in [-0.05, 0) is 29.8 Å². The Hall–Kier alpha value is -2.82. The Labute approximate surface area is 127 Å². The van der Waals surface area contributed by atoms with Crippen LogP contribution < -0.4 is 9.47 Å². The van der Waals surface area contributed by atoms with Crippen LogP contribution in [0, 0.1) is 5.82 Å². The quantitative estimate of drug-likeness (QED) is 0.679. The molecule has 0 saturated carbocycles. The predicted molar refractivity (Wildman–Crippen MR) is 81.5 cm³/mol. The first-order valence-corrected chi connectivity index (χ1v) is 6.48. The molecule has 2 aromatic rings. The normalized spacial score (nSPS) is 11.1. The maximum atomic E-state index is 13.0. The number of rotatable bonds is 5. The average Bonchev–Trinajstić information content (AvgIpc) is 2.52. The molecule has 4 nitrogen and oxygen atoms in total. The Morgan fingerprint density at radius 2 is 1.77 bits per heavy atom. The maximum absolute atomic E-state index is 13.0. The molecule has 0 bridgehead atoms. The second-order valence-electron chi connectivity index (χ2n) is 4.45. The first-order chi connectivity index (χ1) is 10.6. The summed E-state index contributed by atoms with van der Waals surface area (Å²) in [6, 6.07) is 10.4. The molecule has 0 saturated heterocycles. The molecule has 0 unspecified atom stereocenters. The molecule has 1 N–H and O–H groups in total. The summed E-state index contributed by atoms with van der Waals surface area (Å²) in [6.07, 6.45) is 1.47. The van der Waals surface area contributed by atoms with Gasteiger partial charge >= 0.3 is 5.97 Å². The molecule has 2 aromatic carbocycles. The second-order valence-corrected chi connectivity index (χ2v) is 4.45. The fraction of sp³-hybridized carbons (Fsp3) is 0.118. The van der Waals surface area contributed by atoms with Crippen LogP contribution in [0.1, 0.15) is 11.1 Å². The number of ether oxygens (including phenoxy) is 2. The third-order valence-electron chi connectivity index (χ3n) is 3.12. The Morgan fingerprint density at radius 1 is 1.09 bits per heavy atom. The zero-order chi connectivity index (χ0) is 16.1. The van der Waals surface area contributed by atoms with Crippen molar-refractivity contribution in [1.29, 1.82) is 0 Å². The van der Waals surface area contributed by atoms with Gasteiger partial charge < -0.3 is 14.6 Å². The van der Waals surface area contributed by atoms with Crippen LogP contribution in [-0.2, 0) is 4.79 Å². The van der Waals surface area contributed by atoms with E-state index in [0.29, 0.717) is 22.6 Å². The smallest absolute Gasteiger partial charge is 0.336 e. The van der Waals surface area contributed by atoms with E-state index >= 15 is 0 Å². The molecule has 0 heterocycles. The van der Waals surface area contributed by atoms with Gasteiger partial charge in [0, 0.05) is 5.56 Å². The van der Waals surface area contributed by atoms with Crippen molar-refractivity contribution in [2.24, 2.45) is 0 Å². The van der Waals surface area contributed by atoms with Gasteiger partial charge in [0.05, 0.1) is 19.8 Å².